The van der Waals surface area contributed by atoms with Crippen molar-refractivity contribution in [2.45, 2.75) is 45.1 Å². The average Bonchev–Trinajstić information content (AvgIpc) is 2.40. The quantitative estimate of drug-likeness (QED) is 0.366. The van der Waals surface area contributed by atoms with E-state index >= 15 is 0 Å². The molecule has 3 N–H and O–H groups in total. The molecule has 1 aromatic rings. The van der Waals surface area contributed by atoms with E-state index in [1.165, 1.54) is 25.3 Å². The summed E-state index contributed by atoms with van der Waals surface area (Å²) in [6.07, 6.45) is 5.91. The highest BCUT2D eigenvalue weighted by molar-refractivity contribution is 5.98. The van der Waals surface area contributed by atoms with Gasteiger partial charge in [-0.25, -0.2) is 10.2 Å². The number of hydrogen-bond donors (Lipinski definition) is 2. The van der Waals surface area contributed by atoms with Gasteiger partial charge in [0.25, 0.3) is 0 Å². The van der Waals surface area contributed by atoms with Crippen molar-refractivity contribution in [2.75, 3.05) is 0 Å². The second kappa shape index (κ2) is 5.96. The number of hydrogen-bond acceptors (Lipinski definition) is 2. The van der Waals surface area contributed by atoms with Crippen molar-refractivity contribution >= 4 is 5.84 Å². The Morgan fingerprint density at radius 1 is 1.33 bits per heavy atom. The minimum atomic E-state index is -0.223. The molecule has 1 saturated carbocycles. The van der Waals surface area contributed by atoms with E-state index in [4.69, 9.17) is 5.84 Å². The fourth-order valence-corrected chi connectivity index (χ4v) is 2.33. The first-order valence-electron chi connectivity index (χ1n) is 6.51. The SMILES string of the molecule is Cc1ccc(C(=NC2CCCCC2)NN)cc1F. The highest BCUT2D eigenvalue weighted by Gasteiger charge is 2.14. The van der Waals surface area contributed by atoms with E-state index in [9.17, 15) is 4.39 Å². The molecule has 2 rings (SSSR count). The summed E-state index contributed by atoms with van der Waals surface area (Å²) in [6.45, 7) is 1.74. The number of benzene rings is 1. The van der Waals surface area contributed by atoms with Crippen LogP contribution in [0, 0.1) is 12.7 Å². The zero-order valence-corrected chi connectivity index (χ0v) is 10.7. The van der Waals surface area contributed by atoms with Crippen LogP contribution in [0.4, 0.5) is 4.39 Å². The summed E-state index contributed by atoms with van der Waals surface area (Å²) in [6, 6.07) is 5.39. The van der Waals surface area contributed by atoms with Crippen molar-refractivity contribution in [3.05, 3.63) is 35.1 Å². The molecule has 0 aliphatic heterocycles. The number of aryl methyl sites for hydroxylation is 1. The zero-order valence-electron chi connectivity index (χ0n) is 10.7. The minimum absolute atomic E-state index is 0.223. The first-order valence-corrected chi connectivity index (χ1v) is 6.51. The molecule has 0 radical (unpaired) electrons. The van der Waals surface area contributed by atoms with Crippen LogP contribution in [0.3, 0.4) is 0 Å². The molecule has 1 aromatic carbocycles. The maximum atomic E-state index is 13.5. The summed E-state index contributed by atoms with van der Waals surface area (Å²) in [5.41, 5.74) is 3.94. The molecule has 18 heavy (non-hydrogen) atoms. The number of hydrazine groups is 1. The van der Waals surface area contributed by atoms with Gasteiger partial charge in [0.15, 0.2) is 0 Å². The normalized spacial score (nSPS) is 17.8. The predicted octanol–water partition coefficient (Wildman–Crippen LogP) is 2.68. The molecule has 0 bridgehead atoms. The van der Waals surface area contributed by atoms with E-state index in [2.05, 4.69) is 10.4 Å². The van der Waals surface area contributed by atoms with Gasteiger partial charge in [0.05, 0.1) is 6.04 Å². The van der Waals surface area contributed by atoms with Crippen LogP contribution in [0.5, 0.6) is 0 Å². The van der Waals surface area contributed by atoms with Gasteiger partial charge in [0.2, 0.25) is 0 Å². The van der Waals surface area contributed by atoms with Crippen molar-refractivity contribution in [1.29, 1.82) is 0 Å². The summed E-state index contributed by atoms with van der Waals surface area (Å²) in [4.78, 5) is 4.61. The molecule has 4 heteroatoms. The molecule has 1 aliphatic carbocycles. The average molecular weight is 249 g/mol. The molecule has 0 atom stereocenters. The van der Waals surface area contributed by atoms with Gasteiger partial charge in [-0.05, 0) is 31.4 Å². The van der Waals surface area contributed by atoms with E-state index in [-0.39, 0.29) is 5.82 Å². The number of nitrogens with one attached hydrogen (secondary N) is 1. The lowest BCUT2D eigenvalue weighted by Crippen LogP contribution is -2.33. The number of halogens is 1. The van der Waals surface area contributed by atoms with Crippen LogP contribution < -0.4 is 11.3 Å². The molecular formula is C14H20FN3. The topological polar surface area (TPSA) is 50.4 Å². The summed E-state index contributed by atoms with van der Waals surface area (Å²) in [7, 11) is 0. The lowest BCUT2D eigenvalue weighted by molar-refractivity contribution is 0.442. The monoisotopic (exact) mass is 249 g/mol. The minimum Gasteiger partial charge on any atom is -0.308 e. The van der Waals surface area contributed by atoms with Crippen molar-refractivity contribution in [3.8, 4) is 0 Å². The first-order chi connectivity index (χ1) is 8.70. The van der Waals surface area contributed by atoms with Crippen LogP contribution in [0.15, 0.2) is 23.2 Å². The van der Waals surface area contributed by atoms with Gasteiger partial charge in [-0.3, -0.25) is 4.99 Å². The standard InChI is InChI=1S/C14H20FN3/c1-10-7-8-11(9-13(10)15)14(18-16)17-12-5-3-2-4-6-12/h7-9,12H,2-6,16H2,1H3,(H,17,18). The number of aliphatic imine (C=N–C) groups is 1. The van der Waals surface area contributed by atoms with Crippen molar-refractivity contribution in [3.63, 3.8) is 0 Å². The molecule has 0 saturated heterocycles. The Balaban J connectivity index is 2.20. The van der Waals surface area contributed by atoms with Gasteiger partial charge in [0, 0.05) is 5.56 Å². The zero-order chi connectivity index (χ0) is 13.0. The van der Waals surface area contributed by atoms with Crippen LogP contribution >= 0.6 is 0 Å². The smallest absolute Gasteiger partial charge is 0.142 e. The molecule has 0 aromatic heterocycles. The molecule has 98 valence electrons. The second-order valence-corrected chi connectivity index (χ2v) is 4.88. The number of nitrogens with two attached hydrogens (primary N) is 1. The maximum absolute atomic E-state index is 13.5. The third-order valence-electron chi connectivity index (χ3n) is 3.47. The summed E-state index contributed by atoms with van der Waals surface area (Å²) in [5.74, 6) is 5.87. The third kappa shape index (κ3) is 3.07. The van der Waals surface area contributed by atoms with Crippen molar-refractivity contribution < 1.29 is 4.39 Å². The largest absolute Gasteiger partial charge is 0.308 e. The molecule has 3 nitrogen and oxygen atoms in total. The Kier molecular flexibility index (Phi) is 4.31. The Hall–Kier alpha value is -1.42. The maximum Gasteiger partial charge on any atom is 0.142 e. The van der Waals surface area contributed by atoms with Gasteiger partial charge in [-0.15, -0.1) is 0 Å². The van der Waals surface area contributed by atoms with E-state index in [0.29, 0.717) is 23.0 Å². The van der Waals surface area contributed by atoms with Crippen LogP contribution in [0.1, 0.15) is 43.2 Å². The lowest BCUT2D eigenvalue weighted by Gasteiger charge is -2.19. The number of rotatable bonds is 2. The van der Waals surface area contributed by atoms with Gasteiger partial charge >= 0.3 is 0 Å². The van der Waals surface area contributed by atoms with Crippen LogP contribution in [0.25, 0.3) is 0 Å². The Morgan fingerprint density at radius 3 is 2.67 bits per heavy atom. The Morgan fingerprint density at radius 2 is 2.06 bits per heavy atom. The van der Waals surface area contributed by atoms with E-state index < -0.39 is 0 Å². The molecule has 1 fully saturated rings. The molecule has 0 heterocycles. The summed E-state index contributed by atoms with van der Waals surface area (Å²) in [5, 5.41) is 0. The number of nitrogens with zero attached hydrogens (tertiary/aromatic N) is 1. The van der Waals surface area contributed by atoms with Gasteiger partial charge in [-0.2, -0.15) is 0 Å². The summed E-state index contributed by atoms with van der Waals surface area (Å²) >= 11 is 0. The summed E-state index contributed by atoms with van der Waals surface area (Å²) < 4.78 is 13.5. The molecule has 0 spiro atoms. The number of amidine groups is 1. The lowest BCUT2D eigenvalue weighted by atomic mass is 9.96. The van der Waals surface area contributed by atoms with E-state index in [1.807, 2.05) is 6.07 Å². The first kappa shape index (κ1) is 13.0. The second-order valence-electron chi connectivity index (χ2n) is 4.88. The predicted molar refractivity (Wildman–Crippen MR) is 71.9 cm³/mol. The van der Waals surface area contributed by atoms with Gasteiger partial charge in [0.1, 0.15) is 11.7 Å². The highest BCUT2D eigenvalue weighted by Crippen LogP contribution is 2.21. The molecule has 0 amide bonds. The van der Waals surface area contributed by atoms with E-state index in [1.54, 1.807) is 13.0 Å². The van der Waals surface area contributed by atoms with Crippen LogP contribution in [-0.2, 0) is 0 Å². The van der Waals surface area contributed by atoms with Crippen LogP contribution in [-0.4, -0.2) is 11.9 Å². The van der Waals surface area contributed by atoms with Crippen molar-refractivity contribution in [1.82, 2.24) is 5.43 Å². The third-order valence-corrected chi connectivity index (χ3v) is 3.47. The fourth-order valence-electron chi connectivity index (χ4n) is 2.33. The van der Waals surface area contributed by atoms with Gasteiger partial charge in [-0.1, -0.05) is 31.4 Å². The molecule has 1 aliphatic rings. The van der Waals surface area contributed by atoms with E-state index in [0.717, 1.165) is 12.8 Å². The van der Waals surface area contributed by atoms with Gasteiger partial charge < -0.3 is 5.43 Å². The molecule has 0 unspecified atom stereocenters. The van der Waals surface area contributed by atoms with Crippen LogP contribution in [0.2, 0.25) is 0 Å². The highest BCUT2D eigenvalue weighted by atomic mass is 19.1. The fraction of sp³-hybridized carbons (Fsp3) is 0.500. The molecular weight excluding hydrogens is 229 g/mol. The van der Waals surface area contributed by atoms with Crippen molar-refractivity contribution in [2.24, 2.45) is 10.8 Å². The Labute approximate surface area is 107 Å². The Bertz CT molecular complexity index is 437.